The van der Waals surface area contributed by atoms with E-state index >= 15 is 0 Å². The van der Waals surface area contributed by atoms with E-state index in [0.29, 0.717) is 6.04 Å². The topological polar surface area (TPSA) is 3.24 Å². The van der Waals surface area contributed by atoms with Gasteiger partial charge in [0.15, 0.2) is 0 Å². The highest BCUT2D eigenvalue weighted by Crippen LogP contribution is 2.29. The van der Waals surface area contributed by atoms with E-state index in [4.69, 9.17) is 0 Å². The van der Waals surface area contributed by atoms with Gasteiger partial charge in [-0.15, -0.1) is 0 Å². The molecule has 0 saturated carbocycles. The van der Waals surface area contributed by atoms with Crippen molar-refractivity contribution in [1.82, 2.24) is 0 Å². The molecule has 2 aromatic carbocycles. The summed E-state index contributed by atoms with van der Waals surface area (Å²) in [7, 11) is 0. The minimum atomic E-state index is 0.439. The van der Waals surface area contributed by atoms with Crippen LogP contribution in [0.1, 0.15) is 31.4 Å². The first-order valence-corrected chi connectivity index (χ1v) is 7.43. The molecule has 1 atom stereocenters. The molecule has 0 fully saturated rings. The van der Waals surface area contributed by atoms with Gasteiger partial charge in [-0.05, 0) is 48.7 Å². The fourth-order valence-electron chi connectivity index (χ4n) is 2.38. The van der Waals surface area contributed by atoms with Gasteiger partial charge < -0.3 is 4.90 Å². The molecule has 2 aromatic rings. The summed E-state index contributed by atoms with van der Waals surface area (Å²) in [6.07, 6.45) is 4.83. The van der Waals surface area contributed by atoms with Crippen molar-refractivity contribution in [3.63, 3.8) is 0 Å². The maximum Gasteiger partial charge on any atom is 0.0413 e. The molecule has 0 radical (unpaired) electrons. The van der Waals surface area contributed by atoms with E-state index < -0.39 is 0 Å². The van der Waals surface area contributed by atoms with Crippen molar-refractivity contribution in [2.75, 3.05) is 4.90 Å². The Morgan fingerprint density at radius 1 is 0.857 bits per heavy atom. The van der Waals surface area contributed by atoms with Gasteiger partial charge in [0.05, 0.1) is 0 Å². The van der Waals surface area contributed by atoms with Crippen molar-refractivity contribution in [2.45, 2.75) is 26.3 Å². The lowest BCUT2D eigenvalue weighted by molar-refractivity contribution is 0.688. The van der Waals surface area contributed by atoms with E-state index in [0.717, 1.165) is 17.5 Å². The van der Waals surface area contributed by atoms with Crippen molar-refractivity contribution in [3.8, 4) is 0 Å². The number of hydrogen-bond acceptors (Lipinski definition) is 1. The van der Waals surface area contributed by atoms with Gasteiger partial charge in [-0.3, -0.25) is 0 Å². The van der Waals surface area contributed by atoms with E-state index in [-0.39, 0.29) is 0 Å². The van der Waals surface area contributed by atoms with Crippen LogP contribution >= 0.6 is 0 Å². The van der Waals surface area contributed by atoms with Gasteiger partial charge >= 0.3 is 0 Å². The summed E-state index contributed by atoms with van der Waals surface area (Å²) < 4.78 is 0. The number of anilines is 2. The van der Waals surface area contributed by atoms with Crippen LogP contribution in [0.25, 0.3) is 12.2 Å². The Morgan fingerprint density at radius 3 is 1.52 bits per heavy atom. The summed E-state index contributed by atoms with van der Waals surface area (Å²) >= 11 is 0. The summed E-state index contributed by atoms with van der Waals surface area (Å²) in [5, 5.41) is 0. The molecule has 1 nitrogen and oxygen atoms in total. The van der Waals surface area contributed by atoms with Crippen LogP contribution in [0.15, 0.2) is 61.7 Å². The number of hydrogen-bond donors (Lipinski definition) is 0. The van der Waals surface area contributed by atoms with Gasteiger partial charge in [-0.25, -0.2) is 0 Å². The predicted octanol–water partition coefficient (Wildman–Crippen LogP) is 5.91. The van der Waals surface area contributed by atoms with Crippen LogP contribution in [0.5, 0.6) is 0 Å². The second-order valence-electron chi connectivity index (χ2n) is 5.22. The third-order valence-electron chi connectivity index (χ3n) is 3.85. The zero-order valence-corrected chi connectivity index (χ0v) is 12.9. The van der Waals surface area contributed by atoms with Gasteiger partial charge in [-0.2, -0.15) is 0 Å². The van der Waals surface area contributed by atoms with E-state index in [2.05, 4.69) is 80.4 Å². The zero-order chi connectivity index (χ0) is 15.2. The molecule has 0 spiro atoms. The lowest BCUT2D eigenvalue weighted by Gasteiger charge is -2.31. The molecule has 0 N–H and O–H groups in total. The van der Waals surface area contributed by atoms with Gasteiger partial charge in [-0.1, -0.05) is 56.5 Å². The average molecular weight is 277 g/mol. The first kappa shape index (κ1) is 15.1. The van der Waals surface area contributed by atoms with Gasteiger partial charge in [0, 0.05) is 17.4 Å². The molecule has 0 aliphatic heterocycles. The zero-order valence-electron chi connectivity index (χ0n) is 12.9. The minimum absolute atomic E-state index is 0.439. The lowest BCUT2D eigenvalue weighted by Crippen LogP contribution is -2.27. The summed E-state index contributed by atoms with van der Waals surface area (Å²) in [6, 6.07) is 17.5. The van der Waals surface area contributed by atoms with E-state index in [1.54, 1.807) is 0 Å². The summed E-state index contributed by atoms with van der Waals surface area (Å²) in [4.78, 5) is 2.37. The van der Waals surface area contributed by atoms with Crippen LogP contribution in [0.2, 0.25) is 0 Å². The highest BCUT2D eigenvalue weighted by Gasteiger charge is 2.15. The van der Waals surface area contributed by atoms with Crippen LogP contribution < -0.4 is 4.90 Å². The summed E-state index contributed by atoms with van der Waals surface area (Å²) in [5.74, 6) is 0. The quantitative estimate of drug-likeness (QED) is 0.634. The van der Waals surface area contributed by atoms with Gasteiger partial charge in [0.2, 0.25) is 0 Å². The largest absolute Gasteiger partial charge is 0.339 e. The molecule has 0 bridgehead atoms. The fraction of sp³-hybridized carbons (Fsp3) is 0.200. The monoisotopic (exact) mass is 277 g/mol. The van der Waals surface area contributed by atoms with E-state index in [1.807, 2.05) is 12.2 Å². The Balaban J connectivity index is 2.40. The van der Waals surface area contributed by atoms with Crippen LogP contribution in [-0.4, -0.2) is 6.04 Å². The molecule has 1 unspecified atom stereocenters. The van der Waals surface area contributed by atoms with E-state index in [1.165, 1.54) is 11.4 Å². The molecule has 0 aromatic heterocycles. The summed E-state index contributed by atoms with van der Waals surface area (Å²) in [6.45, 7) is 12.1. The Labute approximate surface area is 128 Å². The second-order valence-corrected chi connectivity index (χ2v) is 5.22. The molecule has 2 rings (SSSR count). The lowest BCUT2D eigenvalue weighted by atomic mass is 10.1. The first-order valence-electron chi connectivity index (χ1n) is 7.43. The molecule has 0 aliphatic rings. The Hall–Kier alpha value is -2.28. The Bertz CT molecular complexity index is 541. The molecular weight excluding hydrogens is 254 g/mol. The molecule has 108 valence electrons. The maximum absolute atomic E-state index is 3.81. The minimum Gasteiger partial charge on any atom is -0.339 e. The molecule has 0 heterocycles. The Morgan fingerprint density at radius 2 is 1.24 bits per heavy atom. The number of nitrogens with zero attached hydrogens (tertiary/aromatic N) is 1. The second kappa shape index (κ2) is 6.94. The average Bonchev–Trinajstić information content (AvgIpc) is 2.56. The van der Waals surface area contributed by atoms with Gasteiger partial charge in [0.25, 0.3) is 0 Å². The van der Waals surface area contributed by atoms with Crippen LogP contribution in [0.3, 0.4) is 0 Å². The molecule has 1 heteroatoms. The normalized spacial score (nSPS) is 11.7. The van der Waals surface area contributed by atoms with Crippen molar-refractivity contribution < 1.29 is 0 Å². The SMILES string of the molecule is C=Cc1ccc(N(c2ccc(C=C)cc2)C(C)CC)cc1. The highest BCUT2D eigenvalue weighted by atomic mass is 15.2. The molecule has 21 heavy (non-hydrogen) atoms. The first-order chi connectivity index (χ1) is 10.2. The molecule has 0 aliphatic carbocycles. The standard InChI is InChI=1S/C20H23N/c1-5-16(4)21(19-12-8-17(6-2)9-13-19)20-14-10-18(7-3)11-15-20/h6-16H,2-3,5H2,1,4H3. The van der Waals surface area contributed by atoms with E-state index in [9.17, 15) is 0 Å². The number of benzene rings is 2. The smallest absolute Gasteiger partial charge is 0.0413 e. The molecule has 0 amide bonds. The van der Waals surface area contributed by atoms with Crippen molar-refractivity contribution in [1.29, 1.82) is 0 Å². The van der Waals surface area contributed by atoms with Crippen molar-refractivity contribution >= 4 is 23.5 Å². The van der Waals surface area contributed by atoms with Crippen molar-refractivity contribution in [3.05, 3.63) is 72.8 Å². The summed E-state index contributed by atoms with van der Waals surface area (Å²) in [5.41, 5.74) is 4.71. The van der Waals surface area contributed by atoms with Crippen LogP contribution in [-0.2, 0) is 0 Å². The van der Waals surface area contributed by atoms with Gasteiger partial charge in [0.1, 0.15) is 0 Å². The molecule has 0 saturated heterocycles. The van der Waals surface area contributed by atoms with Crippen LogP contribution in [0.4, 0.5) is 11.4 Å². The fourth-order valence-corrected chi connectivity index (χ4v) is 2.38. The number of rotatable bonds is 6. The van der Waals surface area contributed by atoms with Crippen molar-refractivity contribution in [2.24, 2.45) is 0 Å². The maximum atomic E-state index is 3.81. The predicted molar refractivity (Wildman–Crippen MR) is 95.0 cm³/mol. The third kappa shape index (κ3) is 3.43. The third-order valence-corrected chi connectivity index (χ3v) is 3.85. The Kier molecular flexibility index (Phi) is 4.99. The highest BCUT2D eigenvalue weighted by molar-refractivity contribution is 5.67. The van der Waals surface area contributed by atoms with Crippen LogP contribution in [0, 0.1) is 0 Å². The molecular formula is C20H23N.